The first-order valence-electron chi connectivity index (χ1n) is 7.79. The maximum absolute atomic E-state index is 12.6. The van der Waals surface area contributed by atoms with Crippen molar-refractivity contribution >= 4 is 69.9 Å². The van der Waals surface area contributed by atoms with Crippen LogP contribution < -0.4 is 5.32 Å². The molecule has 2 aromatic rings. The van der Waals surface area contributed by atoms with Crippen LogP contribution in [0.25, 0.3) is 6.08 Å². The first-order valence-corrected chi connectivity index (χ1v) is 10.2. The molecule has 1 fully saturated rings. The number of carbonyl (C=O) groups excluding carboxylic acids is 2. The summed E-state index contributed by atoms with van der Waals surface area (Å²) in [5, 5.41) is 2.81. The molecule has 1 aliphatic rings. The Morgan fingerprint density at radius 3 is 2.93 bits per heavy atom. The normalized spacial score (nSPS) is 16.0. The van der Waals surface area contributed by atoms with Gasteiger partial charge in [-0.05, 0) is 37.4 Å². The number of thiocarbonyl (C=S) groups is 1. The summed E-state index contributed by atoms with van der Waals surface area (Å²) in [6.07, 6.45) is 2.99. The van der Waals surface area contributed by atoms with Gasteiger partial charge in [-0.2, -0.15) is 0 Å². The topological polar surface area (TPSA) is 62.3 Å². The van der Waals surface area contributed by atoms with E-state index in [1.165, 1.54) is 40.2 Å². The number of aromatic nitrogens is 1. The average Bonchev–Trinajstić information content (AvgIpc) is 2.94. The Morgan fingerprint density at radius 2 is 2.22 bits per heavy atom. The van der Waals surface area contributed by atoms with Crippen molar-refractivity contribution in [2.75, 3.05) is 6.54 Å². The molecule has 1 N–H and O–H groups in total. The van der Waals surface area contributed by atoms with E-state index in [1.807, 2.05) is 31.2 Å². The van der Waals surface area contributed by atoms with Crippen LogP contribution in [-0.4, -0.2) is 33.4 Å². The molecule has 1 aromatic heterocycles. The zero-order chi connectivity index (χ0) is 19.6. The minimum atomic E-state index is -0.553. The Hall–Kier alpha value is -2.00. The van der Waals surface area contributed by atoms with E-state index in [1.54, 1.807) is 0 Å². The second-order valence-corrected chi connectivity index (χ2v) is 8.67. The van der Waals surface area contributed by atoms with Crippen molar-refractivity contribution in [2.24, 2.45) is 0 Å². The molecule has 0 aliphatic carbocycles. The van der Waals surface area contributed by atoms with Crippen LogP contribution in [0.3, 0.4) is 0 Å². The third-order valence-corrected chi connectivity index (χ3v) is 6.33. The van der Waals surface area contributed by atoms with E-state index in [0.29, 0.717) is 4.88 Å². The summed E-state index contributed by atoms with van der Waals surface area (Å²) in [6.45, 7) is 5.82. The van der Waals surface area contributed by atoms with Gasteiger partial charge in [-0.1, -0.05) is 47.1 Å². The number of thiazole rings is 1. The Morgan fingerprint density at radius 1 is 1.44 bits per heavy atom. The molecule has 0 bridgehead atoms. The number of benzene rings is 1. The predicted molar refractivity (Wildman–Crippen MR) is 113 cm³/mol. The lowest BCUT2D eigenvalue weighted by atomic mass is 10.1. The monoisotopic (exact) mass is 435 g/mol. The van der Waals surface area contributed by atoms with Gasteiger partial charge >= 0.3 is 0 Å². The van der Waals surface area contributed by atoms with Gasteiger partial charge in [-0.25, -0.2) is 4.98 Å². The summed E-state index contributed by atoms with van der Waals surface area (Å²) in [4.78, 5) is 32.0. The Labute approximate surface area is 175 Å². The van der Waals surface area contributed by atoms with Crippen molar-refractivity contribution in [2.45, 2.75) is 16.2 Å². The summed E-state index contributed by atoms with van der Waals surface area (Å²) in [5.41, 5.74) is 1.11. The number of nitrogens with one attached hydrogen (secondary N) is 1. The Balaban J connectivity index is 1.89. The number of hydrogen-bond donors (Lipinski definition) is 1. The van der Waals surface area contributed by atoms with Crippen molar-refractivity contribution in [1.29, 1.82) is 0 Å². The number of halogens is 1. The highest BCUT2D eigenvalue weighted by molar-refractivity contribution is 8.01. The summed E-state index contributed by atoms with van der Waals surface area (Å²) < 4.78 is 0.722. The van der Waals surface area contributed by atoms with E-state index >= 15 is 0 Å². The second kappa shape index (κ2) is 8.35. The molecule has 5 nitrogen and oxygen atoms in total. The largest absolute Gasteiger partial charge is 0.298 e. The standard InChI is InChI=1S/C18H14ClN3O2S3/c1-3-7-22-16(24)12(15(23)21-17(22)25)9-13-14(19)20-18(27-13)26-11-6-4-5-10(2)8-11/h3-6,8-9H,1,7H2,2H3,(H,21,23,25)/b12-9+. The van der Waals surface area contributed by atoms with Crippen molar-refractivity contribution in [3.8, 4) is 0 Å². The molecule has 0 atom stereocenters. The molecule has 0 unspecified atom stereocenters. The lowest BCUT2D eigenvalue weighted by Crippen LogP contribution is -2.53. The van der Waals surface area contributed by atoms with Crippen LogP contribution in [0.1, 0.15) is 10.4 Å². The number of aryl methyl sites for hydroxylation is 1. The summed E-state index contributed by atoms with van der Waals surface area (Å²) in [7, 11) is 0. The van der Waals surface area contributed by atoms with Crippen LogP contribution >= 0.6 is 46.9 Å². The molecule has 2 heterocycles. The fourth-order valence-corrected chi connectivity index (χ4v) is 5.02. The van der Waals surface area contributed by atoms with Crippen LogP contribution in [0.5, 0.6) is 0 Å². The molecule has 1 aromatic carbocycles. The highest BCUT2D eigenvalue weighted by atomic mass is 35.5. The lowest BCUT2D eigenvalue weighted by molar-refractivity contribution is -0.128. The van der Waals surface area contributed by atoms with E-state index < -0.39 is 11.8 Å². The molecular weight excluding hydrogens is 422 g/mol. The van der Waals surface area contributed by atoms with E-state index in [-0.39, 0.29) is 22.4 Å². The molecule has 0 saturated carbocycles. The van der Waals surface area contributed by atoms with E-state index in [0.717, 1.165) is 14.8 Å². The molecule has 0 spiro atoms. The van der Waals surface area contributed by atoms with Gasteiger partial charge in [0.1, 0.15) is 10.7 Å². The fourth-order valence-electron chi connectivity index (χ4n) is 2.33. The molecule has 138 valence electrons. The van der Waals surface area contributed by atoms with Crippen molar-refractivity contribution in [3.63, 3.8) is 0 Å². The number of amides is 2. The quantitative estimate of drug-likeness (QED) is 0.332. The summed E-state index contributed by atoms with van der Waals surface area (Å²) in [5.74, 6) is -1.04. The van der Waals surface area contributed by atoms with Gasteiger partial charge in [0.05, 0.1) is 4.88 Å². The summed E-state index contributed by atoms with van der Waals surface area (Å²) >= 11 is 14.0. The number of carbonyl (C=O) groups is 2. The average molecular weight is 436 g/mol. The zero-order valence-electron chi connectivity index (χ0n) is 14.2. The molecule has 27 heavy (non-hydrogen) atoms. The predicted octanol–water partition coefficient (Wildman–Crippen LogP) is 4.07. The maximum atomic E-state index is 12.6. The zero-order valence-corrected chi connectivity index (χ0v) is 17.4. The van der Waals surface area contributed by atoms with Gasteiger partial charge in [0.15, 0.2) is 9.45 Å². The van der Waals surface area contributed by atoms with Gasteiger partial charge < -0.3 is 0 Å². The third-order valence-electron chi connectivity index (χ3n) is 3.56. The van der Waals surface area contributed by atoms with E-state index in [9.17, 15) is 9.59 Å². The highest BCUT2D eigenvalue weighted by Gasteiger charge is 2.33. The molecule has 9 heteroatoms. The van der Waals surface area contributed by atoms with Crippen LogP contribution in [0.4, 0.5) is 0 Å². The number of nitrogens with zero attached hydrogens (tertiary/aromatic N) is 2. The molecule has 2 amide bonds. The Kier molecular flexibility index (Phi) is 6.11. The SMILES string of the molecule is C=CCN1C(=O)/C(=C/c2sc(Sc3cccc(C)c3)nc2Cl)C(=O)NC1=S. The van der Waals surface area contributed by atoms with Gasteiger partial charge in [0.25, 0.3) is 11.8 Å². The van der Waals surface area contributed by atoms with Crippen molar-refractivity contribution in [1.82, 2.24) is 15.2 Å². The van der Waals surface area contributed by atoms with Gasteiger partial charge in [0, 0.05) is 11.4 Å². The minimum Gasteiger partial charge on any atom is -0.298 e. The highest BCUT2D eigenvalue weighted by Crippen LogP contribution is 2.36. The summed E-state index contributed by atoms with van der Waals surface area (Å²) in [6, 6.07) is 8.01. The molecular formula is C18H14ClN3O2S3. The first kappa shape index (κ1) is 19.8. The van der Waals surface area contributed by atoms with Gasteiger partial charge in [-0.3, -0.25) is 19.8 Å². The molecule has 1 saturated heterocycles. The second-order valence-electron chi connectivity index (χ2n) is 5.58. The molecule has 3 rings (SSSR count). The number of rotatable bonds is 5. The number of hydrogen-bond acceptors (Lipinski definition) is 6. The van der Waals surface area contributed by atoms with Crippen molar-refractivity contribution in [3.05, 3.63) is 58.1 Å². The first-order chi connectivity index (χ1) is 12.9. The fraction of sp³-hybridized carbons (Fsp3) is 0.111. The smallest absolute Gasteiger partial charge is 0.265 e. The molecule has 1 aliphatic heterocycles. The lowest BCUT2D eigenvalue weighted by Gasteiger charge is -2.27. The van der Waals surface area contributed by atoms with Gasteiger partial charge in [0.2, 0.25) is 0 Å². The van der Waals surface area contributed by atoms with Gasteiger partial charge in [-0.15, -0.1) is 17.9 Å². The Bertz CT molecular complexity index is 984. The maximum Gasteiger partial charge on any atom is 0.265 e. The van der Waals surface area contributed by atoms with Crippen LogP contribution in [0.2, 0.25) is 5.15 Å². The molecule has 0 radical (unpaired) electrons. The van der Waals surface area contributed by atoms with Crippen molar-refractivity contribution < 1.29 is 9.59 Å². The van der Waals surface area contributed by atoms with Crippen LogP contribution in [0, 0.1) is 6.92 Å². The minimum absolute atomic E-state index is 0.0388. The van der Waals surface area contributed by atoms with E-state index in [2.05, 4.69) is 16.9 Å². The third kappa shape index (κ3) is 4.47. The van der Waals surface area contributed by atoms with E-state index in [4.69, 9.17) is 23.8 Å². The van der Waals surface area contributed by atoms with Crippen LogP contribution in [0.15, 0.2) is 51.7 Å². The van der Waals surface area contributed by atoms with Crippen LogP contribution in [-0.2, 0) is 9.59 Å².